The lowest BCUT2D eigenvalue weighted by Gasteiger charge is -1.93. The molecule has 0 atom stereocenters. The van der Waals surface area contributed by atoms with E-state index in [2.05, 4.69) is 15.2 Å². The molecule has 0 saturated carbocycles. The van der Waals surface area contributed by atoms with E-state index in [0.717, 1.165) is 17.1 Å². The molecule has 2 rings (SSSR count). The lowest BCUT2D eigenvalue weighted by molar-refractivity contribution is 0.976. The highest BCUT2D eigenvalue weighted by atomic mass is 32.1. The molecular formula is C8H7N3S. The Morgan fingerprint density at radius 2 is 2.33 bits per heavy atom. The van der Waals surface area contributed by atoms with Gasteiger partial charge in [-0.05, 0) is 12.1 Å². The molecule has 0 saturated heterocycles. The van der Waals surface area contributed by atoms with E-state index in [4.69, 9.17) is 0 Å². The van der Waals surface area contributed by atoms with Crippen LogP contribution in [-0.4, -0.2) is 15.2 Å². The number of hydrogen-bond donors (Lipinski definition) is 0. The lowest BCUT2D eigenvalue weighted by Crippen LogP contribution is -1.89. The van der Waals surface area contributed by atoms with E-state index < -0.39 is 0 Å². The normalized spacial score (nSPS) is 10.0. The maximum Gasteiger partial charge on any atom is 0.123 e. The minimum absolute atomic E-state index is 0.783. The summed E-state index contributed by atoms with van der Waals surface area (Å²) in [5, 5.41) is 8.71. The molecule has 0 aliphatic heterocycles. The van der Waals surface area contributed by atoms with Gasteiger partial charge in [0, 0.05) is 18.3 Å². The van der Waals surface area contributed by atoms with E-state index in [1.165, 1.54) is 0 Å². The van der Waals surface area contributed by atoms with Crippen LogP contribution in [0.4, 0.5) is 0 Å². The summed E-state index contributed by atoms with van der Waals surface area (Å²) in [4.78, 5) is 4.19. The first kappa shape index (κ1) is 7.36. The van der Waals surface area contributed by atoms with Crippen molar-refractivity contribution in [1.82, 2.24) is 15.2 Å². The molecule has 0 unspecified atom stereocenters. The van der Waals surface area contributed by atoms with Gasteiger partial charge in [0.1, 0.15) is 10.5 Å². The van der Waals surface area contributed by atoms with Gasteiger partial charge in [-0.1, -0.05) is 6.07 Å². The van der Waals surface area contributed by atoms with Crippen molar-refractivity contribution in [3.63, 3.8) is 0 Å². The van der Waals surface area contributed by atoms with Crippen molar-refractivity contribution in [2.24, 2.45) is 0 Å². The summed E-state index contributed by atoms with van der Waals surface area (Å²) < 4.78 is 0. The molecule has 3 nitrogen and oxygen atoms in total. The molecule has 0 N–H and O–H groups in total. The van der Waals surface area contributed by atoms with E-state index in [1.807, 2.05) is 18.2 Å². The van der Waals surface area contributed by atoms with Crippen LogP contribution in [0.5, 0.6) is 0 Å². The second-order valence-electron chi connectivity index (χ2n) is 2.33. The first-order valence-electron chi connectivity index (χ1n) is 3.60. The minimum atomic E-state index is 0.783. The van der Waals surface area contributed by atoms with Gasteiger partial charge >= 0.3 is 0 Å². The number of nitrogens with zero attached hydrogens (tertiary/aromatic N) is 3. The van der Waals surface area contributed by atoms with E-state index in [0.29, 0.717) is 0 Å². The number of aromatic nitrogens is 3. The third kappa shape index (κ3) is 1.65. The van der Waals surface area contributed by atoms with Crippen molar-refractivity contribution >= 4 is 11.3 Å². The van der Waals surface area contributed by atoms with E-state index >= 15 is 0 Å². The first-order valence-corrected chi connectivity index (χ1v) is 4.48. The topological polar surface area (TPSA) is 38.7 Å². The van der Waals surface area contributed by atoms with Crippen LogP contribution in [0.25, 0.3) is 0 Å². The molecule has 12 heavy (non-hydrogen) atoms. The summed E-state index contributed by atoms with van der Waals surface area (Å²) in [6, 6.07) is 5.87. The maximum absolute atomic E-state index is 4.19. The SMILES string of the molecule is c1ccc(Cc2nncs2)nc1. The van der Waals surface area contributed by atoms with Crippen LogP contribution in [0.3, 0.4) is 0 Å². The first-order chi connectivity index (χ1) is 5.95. The van der Waals surface area contributed by atoms with Crippen LogP contribution in [0.2, 0.25) is 0 Å². The minimum Gasteiger partial charge on any atom is -0.261 e. The summed E-state index contributed by atoms with van der Waals surface area (Å²) in [5.74, 6) is 0. The number of hydrogen-bond acceptors (Lipinski definition) is 4. The fourth-order valence-electron chi connectivity index (χ4n) is 0.931. The summed E-state index contributed by atoms with van der Waals surface area (Å²) in [7, 11) is 0. The molecule has 0 aliphatic rings. The van der Waals surface area contributed by atoms with Gasteiger partial charge in [-0.15, -0.1) is 21.5 Å². The molecule has 4 heteroatoms. The average Bonchev–Trinajstić information content (AvgIpc) is 2.59. The van der Waals surface area contributed by atoms with Gasteiger partial charge in [0.15, 0.2) is 0 Å². The summed E-state index contributed by atoms with van der Waals surface area (Å²) in [5.41, 5.74) is 2.77. The predicted octanol–water partition coefficient (Wildman–Crippen LogP) is 1.52. The maximum atomic E-state index is 4.19. The van der Waals surface area contributed by atoms with Crippen molar-refractivity contribution in [2.45, 2.75) is 6.42 Å². The van der Waals surface area contributed by atoms with Crippen LogP contribution < -0.4 is 0 Å². The van der Waals surface area contributed by atoms with Crippen molar-refractivity contribution in [2.75, 3.05) is 0 Å². The van der Waals surface area contributed by atoms with Crippen LogP contribution in [-0.2, 0) is 6.42 Å². The Labute approximate surface area is 74.1 Å². The molecule has 0 radical (unpaired) electrons. The summed E-state index contributed by atoms with van der Waals surface area (Å²) in [6.45, 7) is 0. The molecular weight excluding hydrogens is 170 g/mol. The summed E-state index contributed by atoms with van der Waals surface area (Å²) >= 11 is 1.56. The third-order valence-electron chi connectivity index (χ3n) is 1.46. The molecule has 0 aromatic carbocycles. The van der Waals surface area contributed by atoms with Crippen LogP contribution in [0, 0.1) is 0 Å². The quantitative estimate of drug-likeness (QED) is 0.698. The second kappa shape index (κ2) is 3.40. The van der Waals surface area contributed by atoms with Crippen LogP contribution in [0.15, 0.2) is 29.9 Å². The van der Waals surface area contributed by atoms with Crippen molar-refractivity contribution < 1.29 is 0 Å². The van der Waals surface area contributed by atoms with Gasteiger partial charge in [0.2, 0.25) is 0 Å². The van der Waals surface area contributed by atoms with E-state index in [1.54, 1.807) is 23.0 Å². The fourth-order valence-corrected chi connectivity index (χ4v) is 1.47. The Hall–Kier alpha value is -1.29. The Bertz CT molecular complexity index is 330. The Morgan fingerprint density at radius 1 is 1.33 bits per heavy atom. The van der Waals surface area contributed by atoms with Crippen molar-refractivity contribution in [1.29, 1.82) is 0 Å². The second-order valence-corrected chi connectivity index (χ2v) is 3.25. The van der Waals surface area contributed by atoms with Gasteiger partial charge in [0.05, 0.1) is 0 Å². The van der Waals surface area contributed by atoms with E-state index in [-0.39, 0.29) is 0 Å². The standard InChI is InChI=1S/C8H7N3S/c1-2-4-9-7(3-1)5-8-11-10-6-12-8/h1-4,6H,5H2. The largest absolute Gasteiger partial charge is 0.261 e. The number of rotatable bonds is 2. The van der Waals surface area contributed by atoms with Crippen LogP contribution in [0.1, 0.15) is 10.7 Å². The monoisotopic (exact) mass is 177 g/mol. The van der Waals surface area contributed by atoms with Gasteiger partial charge in [-0.2, -0.15) is 0 Å². The fraction of sp³-hybridized carbons (Fsp3) is 0.125. The average molecular weight is 177 g/mol. The molecule has 0 aliphatic carbocycles. The van der Waals surface area contributed by atoms with Gasteiger partial charge in [0.25, 0.3) is 0 Å². The molecule has 0 amide bonds. The third-order valence-corrected chi connectivity index (χ3v) is 2.16. The highest BCUT2D eigenvalue weighted by Crippen LogP contribution is 2.07. The summed E-state index contributed by atoms with van der Waals surface area (Å²) in [6.07, 6.45) is 2.57. The molecule has 0 fully saturated rings. The Balaban J connectivity index is 2.15. The molecule has 2 heterocycles. The molecule has 60 valence electrons. The van der Waals surface area contributed by atoms with Crippen LogP contribution >= 0.6 is 11.3 Å². The highest BCUT2D eigenvalue weighted by molar-refractivity contribution is 7.09. The molecule has 0 spiro atoms. The molecule has 0 bridgehead atoms. The zero-order chi connectivity index (χ0) is 8.23. The zero-order valence-corrected chi connectivity index (χ0v) is 7.16. The molecule has 2 aromatic heterocycles. The van der Waals surface area contributed by atoms with Gasteiger partial charge < -0.3 is 0 Å². The van der Waals surface area contributed by atoms with Crippen molar-refractivity contribution in [3.05, 3.63) is 40.6 Å². The van der Waals surface area contributed by atoms with Gasteiger partial charge in [-0.25, -0.2) is 0 Å². The molecule has 2 aromatic rings. The Kier molecular flexibility index (Phi) is 2.09. The van der Waals surface area contributed by atoms with E-state index in [9.17, 15) is 0 Å². The van der Waals surface area contributed by atoms with Crippen molar-refractivity contribution in [3.8, 4) is 0 Å². The highest BCUT2D eigenvalue weighted by Gasteiger charge is 1.98. The lowest BCUT2D eigenvalue weighted by atomic mass is 10.3. The number of pyridine rings is 1. The smallest absolute Gasteiger partial charge is 0.123 e. The predicted molar refractivity (Wildman–Crippen MR) is 47.0 cm³/mol. The van der Waals surface area contributed by atoms with Gasteiger partial charge in [-0.3, -0.25) is 4.98 Å². The Morgan fingerprint density at radius 3 is 3.00 bits per heavy atom. The zero-order valence-electron chi connectivity index (χ0n) is 6.34.